The summed E-state index contributed by atoms with van der Waals surface area (Å²) in [6, 6.07) is 11.6. The lowest BCUT2D eigenvalue weighted by Gasteiger charge is -2.23. The van der Waals surface area contributed by atoms with Crippen molar-refractivity contribution in [2.75, 3.05) is 11.9 Å². The maximum Gasteiger partial charge on any atom is 0.254 e. The van der Waals surface area contributed by atoms with E-state index in [4.69, 9.17) is 11.6 Å². The largest absolute Gasteiger partial charge is 0.325 e. The smallest absolute Gasteiger partial charge is 0.254 e. The molecule has 0 heterocycles. The number of nitrogens with one attached hydrogen (secondary N) is 1. The Morgan fingerprint density at radius 1 is 0.903 bits per heavy atom. The highest BCUT2D eigenvalue weighted by Gasteiger charge is 2.22. The first-order chi connectivity index (χ1) is 14.7. The normalized spacial score (nSPS) is 10.6. The molecular formula is C22H15ClF4N2O2. The van der Waals surface area contributed by atoms with Gasteiger partial charge in [0.2, 0.25) is 5.91 Å². The average Bonchev–Trinajstić information content (AvgIpc) is 2.73. The van der Waals surface area contributed by atoms with Crippen LogP contribution in [0.4, 0.5) is 23.2 Å². The standard InChI is InChI=1S/C22H15ClF4N2O2/c23-17-10-16(8-9-18(17)25)28-20(30)12-29(11-14-2-1-3-19(26)21(14)27)22(31)13-4-6-15(24)7-5-13/h1-10H,11-12H2,(H,28,30). The van der Waals surface area contributed by atoms with Gasteiger partial charge in [-0.05, 0) is 48.5 Å². The van der Waals surface area contributed by atoms with Crippen molar-refractivity contribution in [1.82, 2.24) is 4.90 Å². The summed E-state index contributed by atoms with van der Waals surface area (Å²) < 4.78 is 54.2. The van der Waals surface area contributed by atoms with E-state index in [9.17, 15) is 27.2 Å². The molecule has 0 saturated heterocycles. The number of carbonyl (C=O) groups is 2. The molecule has 160 valence electrons. The number of rotatable bonds is 6. The van der Waals surface area contributed by atoms with Crippen molar-refractivity contribution < 1.29 is 27.2 Å². The quantitative estimate of drug-likeness (QED) is 0.526. The zero-order valence-electron chi connectivity index (χ0n) is 15.8. The molecule has 0 bridgehead atoms. The molecule has 0 aromatic heterocycles. The van der Waals surface area contributed by atoms with Crippen molar-refractivity contribution in [3.05, 3.63) is 100 Å². The van der Waals surface area contributed by atoms with Gasteiger partial charge in [0.05, 0.1) is 5.02 Å². The third kappa shape index (κ3) is 5.61. The van der Waals surface area contributed by atoms with E-state index in [-0.39, 0.29) is 21.8 Å². The van der Waals surface area contributed by atoms with Gasteiger partial charge in [-0.2, -0.15) is 0 Å². The van der Waals surface area contributed by atoms with E-state index in [0.29, 0.717) is 0 Å². The summed E-state index contributed by atoms with van der Waals surface area (Å²) in [6.07, 6.45) is 0. The van der Waals surface area contributed by atoms with Gasteiger partial charge >= 0.3 is 0 Å². The number of halogens is 5. The van der Waals surface area contributed by atoms with Gasteiger partial charge in [0.15, 0.2) is 11.6 Å². The van der Waals surface area contributed by atoms with Gasteiger partial charge in [-0.15, -0.1) is 0 Å². The van der Waals surface area contributed by atoms with Crippen LogP contribution >= 0.6 is 11.6 Å². The Bertz CT molecular complexity index is 1120. The van der Waals surface area contributed by atoms with Gasteiger partial charge in [-0.25, -0.2) is 17.6 Å². The molecule has 3 aromatic rings. The highest BCUT2D eigenvalue weighted by molar-refractivity contribution is 6.31. The first-order valence-corrected chi connectivity index (χ1v) is 9.35. The predicted molar refractivity (Wildman–Crippen MR) is 108 cm³/mol. The monoisotopic (exact) mass is 450 g/mol. The van der Waals surface area contributed by atoms with Crippen LogP contribution < -0.4 is 5.32 Å². The molecule has 3 aromatic carbocycles. The van der Waals surface area contributed by atoms with Crippen molar-refractivity contribution in [2.24, 2.45) is 0 Å². The zero-order chi connectivity index (χ0) is 22.5. The number of amides is 2. The summed E-state index contributed by atoms with van der Waals surface area (Å²) >= 11 is 5.69. The van der Waals surface area contributed by atoms with Gasteiger partial charge in [0.1, 0.15) is 18.2 Å². The Hall–Kier alpha value is -3.39. The van der Waals surface area contributed by atoms with E-state index in [1.54, 1.807) is 0 Å². The Morgan fingerprint density at radius 2 is 1.61 bits per heavy atom. The third-order valence-electron chi connectivity index (χ3n) is 4.31. The zero-order valence-corrected chi connectivity index (χ0v) is 16.6. The summed E-state index contributed by atoms with van der Waals surface area (Å²) in [5.74, 6) is -4.87. The molecule has 31 heavy (non-hydrogen) atoms. The minimum absolute atomic E-state index is 0.0517. The van der Waals surface area contributed by atoms with Crippen molar-refractivity contribution in [3.8, 4) is 0 Å². The van der Waals surface area contributed by atoms with Crippen LogP contribution in [0.15, 0.2) is 60.7 Å². The number of carbonyl (C=O) groups excluding carboxylic acids is 2. The van der Waals surface area contributed by atoms with Crippen LogP contribution in [0.1, 0.15) is 15.9 Å². The molecular weight excluding hydrogens is 436 g/mol. The first-order valence-electron chi connectivity index (χ1n) is 8.97. The second-order valence-corrected chi connectivity index (χ2v) is 6.97. The van der Waals surface area contributed by atoms with Gasteiger partial charge < -0.3 is 10.2 Å². The number of anilines is 1. The van der Waals surface area contributed by atoms with Crippen LogP contribution in [0.2, 0.25) is 5.02 Å². The maximum absolute atomic E-state index is 14.1. The average molecular weight is 451 g/mol. The van der Waals surface area contributed by atoms with Crippen LogP contribution in [0.5, 0.6) is 0 Å². The summed E-state index contributed by atoms with van der Waals surface area (Å²) in [7, 11) is 0. The summed E-state index contributed by atoms with van der Waals surface area (Å²) in [5.41, 5.74) is 0.0893. The fourth-order valence-corrected chi connectivity index (χ4v) is 2.98. The topological polar surface area (TPSA) is 49.4 Å². The van der Waals surface area contributed by atoms with Crippen molar-refractivity contribution >= 4 is 29.1 Å². The predicted octanol–water partition coefficient (Wildman–Crippen LogP) is 5.18. The molecule has 2 amide bonds. The molecule has 0 saturated carbocycles. The molecule has 3 rings (SSSR count). The number of nitrogens with zero attached hydrogens (tertiary/aromatic N) is 1. The Kier molecular flexibility index (Phi) is 6.91. The Morgan fingerprint density at radius 3 is 2.29 bits per heavy atom. The lowest BCUT2D eigenvalue weighted by Crippen LogP contribution is -2.38. The van der Waals surface area contributed by atoms with Crippen LogP contribution in [0.3, 0.4) is 0 Å². The molecule has 0 radical (unpaired) electrons. The molecule has 0 aliphatic rings. The molecule has 0 unspecified atom stereocenters. The minimum atomic E-state index is -1.15. The molecule has 4 nitrogen and oxygen atoms in total. The lowest BCUT2D eigenvalue weighted by atomic mass is 10.1. The van der Waals surface area contributed by atoms with E-state index in [0.717, 1.165) is 29.2 Å². The summed E-state index contributed by atoms with van der Waals surface area (Å²) in [5, 5.41) is 2.25. The first kappa shape index (κ1) is 22.3. The van der Waals surface area contributed by atoms with E-state index in [1.807, 2.05) is 0 Å². The van der Waals surface area contributed by atoms with Gasteiger partial charge in [-0.3, -0.25) is 9.59 Å². The fraction of sp³-hybridized carbons (Fsp3) is 0.0909. The third-order valence-corrected chi connectivity index (χ3v) is 4.60. The SMILES string of the molecule is O=C(CN(Cc1cccc(F)c1F)C(=O)c1ccc(F)cc1)Nc1ccc(F)c(Cl)c1. The van der Waals surface area contributed by atoms with Crippen LogP contribution in [0.25, 0.3) is 0 Å². The van der Waals surface area contributed by atoms with E-state index < -0.39 is 48.2 Å². The van der Waals surface area contributed by atoms with E-state index in [1.165, 1.54) is 36.4 Å². The molecule has 0 aliphatic heterocycles. The highest BCUT2D eigenvalue weighted by Crippen LogP contribution is 2.20. The highest BCUT2D eigenvalue weighted by atomic mass is 35.5. The van der Waals surface area contributed by atoms with Crippen LogP contribution in [-0.2, 0) is 11.3 Å². The summed E-state index contributed by atoms with van der Waals surface area (Å²) in [6.45, 7) is -0.960. The van der Waals surface area contributed by atoms with Gasteiger partial charge in [0, 0.05) is 23.4 Å². The van der Waals surface area contributed by atoms with Crippen molar-refractivity contribution in [3.63, 3.8) is 0 Å². The molecule has 0 spiro atoms. The number of benzene rings is 3. The van der Waals surface area contributed by atoms with Gasteiger partial charge in [0.25, 0.3) is 5.91 Å². The van der Waals surface area contributed by atoms with Gasteiger partial charge in [-0.1, -0.05) is 23.7 Å². The van der Waals surface area contributed by atoms with E-state index >= 15 is 0 Å². The molecule has 0 aliphatic carbocycles. The fourth-order valence-electron chi connectivity index (χ4n) is 2.80. The molecule has 0 atom stereocenters. The second-order valence-electron chi connectivity index (χ2n) is 6.56. The maximum atomic E-state index is 14.1. The lowest BCUT2D eigenvalue weighted by molar-refractivity contribution is -0.117. The van der Waals surface area contributed by atoms with Crippen LogP contribution in [0, 0.1) is 23.3 Å². The minimum Gasteiger partial charge on any atom is -0.325 e. The Labute approximate surface area is 180 Å². The number of hydrogen-bond donors (Lipinski definition) is 1. The molecule has 0 fully saturated rings. The molecule has 9 heteroatoms. The Balaban J connectivity index is 1.84. The van der Waals surface area contributed by atoms with Crippen LogP contribution in [-0.4, -0.2) is 23.3 Å². The van der Waals surface area contributed by atoms with E-state index in [2.05, 4.69) is 5.32 Å². The number of hydrogen-bond acceptors (Lipinski definition) is 2. The molecule has 1 N–H and O–H groups in total. The summed E-state index contributed by atoms with van der Waals surface area (Å²) in [4.78, 5) is 26.3. The van der Waals surface area contributed by atoms with Crippen molar-refractivity contribution in [2.45, 2.75) is 6.54 Å². The van der Waals surface area contributed by atoms with Crippen molar-refractivity contribution in [1.29, 1.82) is 0 Å². The second kappa shape index (κ2) is 9.61.